The molecule has 0 radical (unpaired) electrons. The second kappa shape index (κ2) is 5.37. The number of nitrogens with one attached hydrogen (secondary N) is 1. The van der Waals surface area contributed by atoms with Gasteiger partial charge in [0.25, 0.3) is 5.91 Å². The summed E-state index contributed by atoms with van der Waals surface area (Å²) in [5, 5.41) is 2.89. The first-order valence-corrected chi connectivity index (χ1v) is 7.44. The Hall–Kier alpha value is -2.07. The zero-order valence-electron chi connectivity index (χ0n) is 11.9. The van der Waals surface area contributed by atoms with Gasteiger partial charge in [0.2, 0.25) is 0 Å². The van der Waals surface area contributed by atoms with Gasteiger partial charge in [-0.05, 0) is 42.0 Å². The molecule has 0 aliphatic carbocycles. The molecule has 0 atom stereocenters. The Labute approximate surface area is 132 Å². The van der Waals surface area contributed by atoms with Gasteiger partial charge in [0.05, 0.1) is 0 Å². The number of nitrogens with zero attached hydrogens (tertiary/aromatic N) is 1. The van der Waals surface area contributed by atoms with Crippen LogP contribution in [0.5, 0.6) is 0 Å². The molecule has 0 saturated heterocycles. The summed E-state index contributed by atoms with van der Waals surface area (Å²) in [5.41, 5.74) is 4.64. The van der Waals surface area contributed by atoms with E-state index in [0.29, 0.717) is 5.57 Å². The number of hydrogen-bond donors (Lipinski definition) is 1. The predicted molar refractivity (Wildman–Crippen MR) is 91.4 cm³/mol. The van der Waals surface area contributed by atoms with Crippen molar-refractivity contribution in [1.82, 2.24) is 0 Å². The summed E-state index contributed by atoms with van der Waals surface area (Å²) in [6, 6.07) is 13.9. The highest BCUT2D eigenvalue weighted by atomic mass is 79.9. The minimum atomic E-state index is -0.0558. The fourth-order valence-electron chi connectivity index (χ4n) is 2.34. The van der Waals surface area contributed by atoms with Crippen LogP contribution < -0.4 is 10.2 Å². The molecule has 4 heteroatoms. The van der Waals surface area contributed by atoms with Crippen LogP contribution in [0.4, 0.5) is 11.4 Å². The van der Waals surface area contributed by atoms with Gasteiger partial charge < -0.3 is 10.2 Å². The van der Waals surface area contributed by atoms with Crippen LogP contribution in [0.15, 0.2) is 46.9 Å². The van der Waals surface area contributed by atoms with E-state index < -0.39 is 0 Å². The topological polar surface area (TPSA) is 32.3 Å². The van der Waals surface area contributed by atoms with Crippen LogP contribution >= 0.6 is 15.9 Å². The van der Waals surface area contributed by atoms with Crippen molar-refractivity contribution in [3.8, 4) is 0 Å². The molecule has 106 valence electrons. The summed E-state index contributed by atoms with van der Waals surface area (Å²) < 4.78 is 0.964. The Morgan fingerprint density at radius 2 is 1.81 bits per heavy atom. The SMILES string of the molecule is CN(C)c1ccc(/C=C2\C(=O)Nc3ccc(Br)cc32)cc1. The van der Waals surface area contributed by atoms with Gasteiger partial charge in [0.1, 0.15) is 0 Å². The molecule has 1 N–H and O–H groups in total. The zero-order chi connectivity index (χ0) is 15.0. The van der Waals surface area contributed by atoms with Gasteiger partial charge >= 0.3 is 0 Å². The molecule has 1 heterocycles. The Kier molecular flexibility index (Phi) is 3.55. The van der Waals surface area contributed by atoms with E-state index in [0.717, 1.165) is 27.0 Å². The third-order valence-electron chi connectivity index (χ3n) is 3.49. The van der Waals surface area contributed by atoms with Gasteiger partial charge in [-0.1, -0.05) is 28.1 Å². The normalized spacial score (nSPS) is 15.0. The second-order valence-corrected chi connectivity index (χ2v) is 6.10. The van der Waals surface area contributed by atoms with Gasteiger partial charge in [-0.2, -0.15) is 0 Å². The molecule has 1 amide bonds. The number of halogens is 1. The first-order chi connectivity index (χ1) is 10.0. The standard InChI is InChI=1S/C17H15BrN2O/c1-20(2)13-6-3-11(4-7-13)9-15-14-10-12(18)5-8-16(14)19-17(15)21/h3-10H,1-2H3,(H,19,21)/b15-9-. The van der Waals surface area contributed by atoms with Gasteiger partial charge in [-0.25, -0.2) is 0 Å². The van der Waals surface area contributed by atoms with Crippen molar-refractivity contribution in [1.29, 1.82) is 0 Å². The quantitative estimate of drug-likeness (QED) is 0.836. The molecular formula is C17H15BrN2O. The smallest absolute Gasteiger partial charge is 0.256 e. The van der Waals surface area contributed by atoms with E-state index in [1.807, 2.05) is 67.5 Å². The lowest BCUT2D eigenvalue weighted by Gasteiger charge is -2.11. The average molecular weight is 343 g/mol. The molecule has 0 unspecified atom stereocenters. The van der Waals surface area contributed by atoms with Gasteiger partial charge in [-0.15, -0.1) is 0 Å². The number of anilines is 2. The van der Waals surface area contributed by atoms with Crippen molar-refractivity contribution in [2.24, 2.45) is 0 Å². The van der Waals surface area contributed by atoms with E-state index in [1.54, 1.807) is 0 Å². The summed E-state index contributed by atoms with van der Waals surface area (Å²) in [6.45, 7) is 0. The largest absolute Gasteiger partial charge is 0.378 e. The molecule has 3 rings (SSSR count). The lowest BCUT2D eigenvalue weighted by Crippen LogP contribution is -2.08. The molecule has 0 saturated carbocycles. The molecule has 3 nitrogen and oxygen atoms in total. The van der Waals surface area contributed by atoms with Crippen LogP contribution in [0.25, 0.3) is 11.6 Å². The molecule has 0 fully saturated rings. The number of rotatable bonds is 2. The van der Waals surface area contributed by atoms with Crippen molar-refractivity contribution in [3.05, 3.63) is 58.1 Å². The number of fused-ring (bicyclic) bond motifs is 1. The molecule has 21 heavy (non-hydrogen) atoms. The first kappa shape index (κ1) is 13.9. The number of hydrogen-bond acceptors (Lipinski definition) is 2. The monoisotopic (exact) mass is 342 g/mol. The Morgan fingerprint density at radius 1 is 1.10 bits per heavy atom. The van der Waals surface area contributed by atoms with Crippen LogP contribution in [-0.4, -0.2) is 20.0 Å². The average Bonchev–Trinajstić information content (AvgIpc) is 2.76. The minimum Gasteiger partial charge on any atom is -0.378 e. The van der Waals surface area contributed by atoms with Crippen LogP contribution in [0, 0.1) is 0 Å². The zero-order valence-corrected chi connectivity index (χ0v) is 13.4. The minimum absolute atomic E-state index is 0.0558. The molecule has 0 spiro atoms. The highest BCUT2D eigenvalue weighted by Gasteiger charge is 2.23. The van der Waals surface area contributed by atoms with Crippen molar-refractivity contribution < 1.29 is 4.79 Å². The molecular weight excluding hydrogens is 328 g/mol. The fourth-order valence-corrected chi connectivity index (χ4v) is 2.70. The molecule has 1 aliphatic rings. The van der Waals surface area contributed by atoms with Crippen LogP contribution in [0.2, 0.25) is 0 Å². The van der Waals surface area contributed by atoms with Crippen molar-refractivity contribution >= 4 is 44.9 Å². The third-order valence-corrected chi connectivity index (χ3v) is 3.98. The number of amides is 1. The van der Waals surface area contributed by atoms with Crippen molar-refractivity contribution in [2.75, 3.05) is 24.3 Å². The Morgan fingerprint density at radius 3 is 2.48 bits per heavy atom. The van der Waals surface area contributed by atoms with Crippen LogP contribution in [0.3, 0.4) is 0 Å². The number of carbonyl (C=O) groups is 1. The maximum absolute atomic E-state index is 12.1. The molecule has 2 aromatic carbocycles. The predicted octanol–water partition coefficient (Wildman–Crippen LogP) is 4.01. The molecule has 1 aliphatic heterocycles. The van der Waals surface area contributed by atoms with Gasteiger partial charge in [0.15, 0.2) is 0 Å². The van der Waals surface area contributed by atoms with E-state index in [1.165, 1.54) is 0 Å². The Bertz CT molecular complexity index is 733. The number of benzene rings is 2. The summed E-state index contributed by atoms with van der Waals surface area (Å²) in [6.07, 6.45) is 1.92. The lowest BCUT2D eigenvalue weighted by atomic mass is 10.0. The Balaban J connectivity index is 2.00. The summed E-state index contributed by atoms with van der Waals surface area (Å²) in [5.74, 6) is -0.0558. The van der Waals surface area contributed by atoms with E-state index in [-0.39, 0.29) is 5.91 Å². The maximum Gasteiger partial charge on any atom is 0.256 e. The van der Waals surface area contributed by atoms with Crippen molar-refractivity contribution in [3.63, 3.8) is 0 Å². The highest BCUT2D eigenvalue weighted by Crippen LogP contribution is 2.35. The van der Waals surface area contributed by atoms with E-state index in [4.69, 9.17) is 0 Å². The van der Waals surface area contributed by atoms with Crippen LogP contribution in [0.1, 0.15) is 11.1 Å². The second-order valence-electron chi connectivity index (χ2n) is 5.19. The summed E-state index contributed by atoms with van der Waals surface area (Å²) in [4.78, 5) is 14.2. The lowest BCUT2D eigenvalue weighted by molar-refractivity contribution is -0.110. The third kappa shape index (κ3) is 2.72. The van der Waals surface area contributed by atoms with Crippen molar-refractivity contribution in [2.45, 2.75) is 0 Å². The van der Waals surface area contributed by atoms with Gasteiger partial charge in [0, 0.05) is 41.1 Å². The van der Waals surface area contributed by atoms with E-state index in [2.05, 4.69) is 21.2 Å². The van der Waals surface area contributed by atoms with E-state index >= 15 is 0 Å². The van der Waals surface area contributed by atoms with Crippen LogP contribution in [-0.2, 0) is 4.79 Å². The van der Waals surface area contributed by atoms with E-state index in [9.17, 15) is 4.79 Å². The molecule has 0 bridgehead atoms. The van der Waals surface area contributed by atoms with Gasteiger partial charge in [-0.3, -0.25) is 4.79 Å². The number of carbonyl (C=O) groups excluding carboxylic acids is 1. The molecule has 0 aromatic heterocycles. The maximum atomic E-state index is 12.1. The summed E-state index contributed by atoms with van der Waals surface area (Å²) >= 11 is 3.45. The first-order valence-electron chi connectivity index (χ1n) is 6.65. The molecule has 2 aromatic rings. The highest BCUT2D eigenvalue weighted by molar-refractivity contribution is 9.10. The fraction of sp³-hybridized carbons (Fsp3) is 0.118. The summed E-state index contributed by atoms with van der Waals surface area (Å²) in [7, 11) is 4.01.